The van der Waals surface area contributed by atoms with E-state index in [4.69, 9.17) is 0 Å². The van der Waals surface area contributed by atoms with Crippen molar-refractivity contribution >= 4 is 12.4 Å². The molecule has 0 aliphatic heterocycles. The van der Waals surface area contributed by atoms with Crippen LogP contribution in [0.3, 0.4) is 0 Å². The van der Waals surface area contributed by atoms with E-state index in [1.165, 1.54) is 12.0 Å². The summed E-state index contributed by atoms with van der Waals surface area (Å²) in [5.74, 6) is 0.0326. The first-order chi connectivity index (χ1) is 9.00. The van der Waals surface area contributed by atoms with E-state index in [1.807, 2.05) is 12.1 Å². The van der Waals surface area contributed by atoms with Crippen LogP contribution in [-0.4, -0.2) is 11.4 Å². The Morgan fingerprint density at radius 2 is 2.05 bits per heavy atom. The van der Waals surface area contributed by atoms with Crippen LogP contribution < -0.4 is 0 Å². The molecule has 0 spiro atoms. The standard InChI is InChI=1S/C17H20O2/c1-17(2)9-3-4-14(11-17)6-5-13-7-8-16(19)15(10-13)12-18/h4-8,10,12,19H,3,9,11H2,1-2H3. The van der Waals surface area contributed by atoms with Crippen molar-refractivity contribution in [3.8, 4) is 5.75 Å². The zero-order chi connectivity index (χ0) is 13.9. The normalized spacial score (nSPS) is 18.3. The summed E-state index contributed by atoms with van der Waals surface area (Å²) in [5.41, 5.74) is 2.98. The Hall–Kier alpha value is -1.83. The predicted molar refractivity (Wildman–Crippen MR) is 78.2 cm³/mol. The van der Waals surface area contributed by atoms with Gasteiger partial charge in [-0.2, -0.15) is 0 Å². The first-order valence-corrected chi connectivity index (χ1v) is 6.65. The summed E-state index contributed by atoms with van der Waals surface area (Å²) < 4.78 is 0. The molecule has 1 N–H and O–H groups in total. The Balaban J connectivity index is 2.15. The number of carbonyl (C=O) groups is 1. The van der Waals surface area contributed by atoms with Crippen LogP contribution in [0.2, 0.25) is 0 Å². The van der Waals surface area contributed by atoms with Gasteiger partial charge in [0.1, 0.15) is 5.75 Å². The van der Waals surface area contributed by atoms with Crippen molar-refractivity contribution in [3.05, 3.63) is 47.1 Å². The molecule has 0 saturated heterocycles. The molecule has 0 atom stereocenters. The van der Waals surface area contributed by atoms with Gasteiger partial charge in [0.2, 0.25) is 0 Å². The van der Waals surface area contributed by atoms with E-state index >= 15 is 0 Å². The highest BCUT2D eigenvalue weighted by atomic mass is 16.3. The van der Waals surface area contributed by atoms with E-state index in [1.54, 1.807) is 12.1 Å². The van der Waals surface area contributed by atoms with Crippen molar-refractivity contribution in [1.82, 2.24) is 0 Å². The first-order valence-electron chi connectivity index (χ1n) is 6.65. The molecule has 0 unspecified atom stereocenters. The van der Waals surface area contributed by atoms with Crippen LogP contribution in [0.25, 0.3) is 6.08 Å². The van der Waals surface area contributed by atoms with Gasteiger partial charge in [-0.25, -0.2) is 0 Å². The minimum atomic E-state index is 0.0326. The van der Waals surface area contributed by atoms with Crippen LogP contribution in [0.1, 0.15) is 49.0 Å². The molecule has 1 aromatic rings. The predicted octanol–water partition coefficient (Wildman–Crippen LogP) is 4.35. The summed E-state index contributed by atoms with van der Waals surface area (Å²) in [6.45, 7) is 4.58. The van der Waals surface area contributed by atoms with Gasteiger partial charge in [0.15, 0.2) is 6.29 Å². The molecular formula is C17H20O2. The highest BCUT2D eigenvalue weighted by Gasteiger charge is 2.21. The number of phenolic OH excluding ortho intramolecular Hbond substituents is 1. The number of benzene rings is 1. The Morgan fingerprint density at radius 1 is 1.26 bits per heavy atom. The Morgan fingerprint density at radius 3 is 2.74 bits per heavy atom. The maximum Gasteiger partial charge on any atom is 0.153 e. The summed E-state index contributed by atoms with van der Waals surface area (Å²) in [6.07, 6.45) is 10.5. The maximum absolute atomic E-state index is 10.8. The lowest BCUT2D eigenvalue weighted by Gasteiger charge is -2.28. The third-order valence-electron chi connectivity index (χ3n) is 3.58. The topological polar surface area (TPSA) is 37.3 Å². The number of rotatable bonds is 3. The van der Waals surface area contributed by atoms with Gasteiger partial charge in [0, 0.05) is 0 Å². The number of phenols is 1. The van der Waals surface area contributed by atoms with E-state index in [0.717, 1.165) is 18.4 Å². The summed E-state index contributed by atoms with van der Waals surface area (Å²) in [7, 11) is 0. The number of carbonyl (C=O) groups excluding carboxylic acids is 1. The molecule has 0 radical (unpaired) electrons. The molecule has 0 heterocycles. The van der Waals surface area contributed by atoms with Crippen molar-refractivity contribution < 1.29 is 9.90 Å². The summed E-state index contributed by atoms with van der Waals surface area (Å²) in [4.78, 5) is 10.8. The molecule has 19 heavy (non-hydrogen) atoms. The zero-order valence-corrected chi connectivity index (χ0v) is 11.5. The van der Waals surface area contributed by atoms with E-state index < -0.39 is 0 Å². The van der Waals surface area contributed by atoms with Gasteiger partial charge < -0.3 is 5.11 Å². The third kappa shape index (κ3) is 3.57. The van der Waals surface area contributed by atoms with Crippen LogP contribution in [0.15, 0.2) is 35.9 Å². The van der Waals surface area contributed by atoms with Gasteiger partial charge >= 0.3 is 0 Å². The van der Waals surface area contributed by atoms with E-state index in [0.29, 0.717) is 17.3 Å². The second kappa shape index (κ2) is 5.43. The lowest BCUT2D eigenvalue weighted by Crippen LogP contribution is -2.14. The van der Waals surface area contributed by atoms with Crippen molar-refractivity contribution in [2.45, 2.75) is 33.1 Å². The lowest BCUT2D eigenvalue weighted by atomic mass is 9.77. The van der Waals surface area contributed by atoms with E-state index in [9.17, 15) is 9.90 Å². The minimum absolute atomic E-state index is 0.0326. The maximum atomic E-state index is 10.8. The largest absolute Gasteiger partial charge is 0.507 e. The smallest absolute Gasteiger partial charge is 0.153 e. The molecule has 1 aromatic carbocycles. The molecule has 100 valence electrons. The van der Waals surface area contributed by atoms with Gasteiger partial charge in [-0.05, 0) is 42.4 Å². The molecule has 1 aliphatic carbocycles. The Kier molecular flexibility index (Phi) is 3.89. The van der Waals surface area contributed by atoms with Crippen LogP contribution in [-0.2, 0) is 0 Å². The van der Waals surface area contributed by atoms with Gasteiger partial charge in [0.05, 0.1) is 5.56 Å². The molecule has 2 nitrogen and oxygen atoms in total. The highest BCUT2D eigenvalue weighted by molar-refractivity contribution is 5.80. The second-order valence-electron chi connectivity index (χ2n) is 5.93. The molecule has 0 aromatic heterocycles. The average molecular weight is 256 g/mol. The lowest BCUT2D eigenvalue weighted by molar-refractivity contribution is 0.112. The molecule has 0 bridgehead atoms. The van der Waals surface area contributed by atoms with Gasteiger partial charge in [-0.1, -0.05) is 43.7 Å². The second-order valence-corrected chi connectivity index (χ2v) is 5.93. The summed E-state index contributed by atoms with van der Waals surface area (Å²) >= 11 is 0. The number of hydrogen-bond donors (Lipinski definition) is 1. The van der Waals surface area contributed by atoms with Crippen LogP contribution in [0.5, 0.6) is 5.75 Å². The van der Waals surface area contributed by atoms with Gasteiger partial charge in [0.25, 0.3) is 0 Å². The monoisotopic (exact) mass is 256 g/mol. The fourth-order valence-electron chi connectivity index (χ4n) is 2.46. The average Bonchev–Trinajstić information content (AvgIpc) is 2.36. The van der Waals surface area contributed by atoms with E-state index in [-0.39, 0.29) is 5.75 Å². The fraction of sp³-hybridized carbons (Fsp3) is 0.353. The molecule has 0 saturated carbocycles. The van der Waals surface area contributed by atoms with E-state index in [2.05, 4.69) is 26.0 Å². The molecule has 1 aliphatic rings. The molecule has 0 fully saturated rings. The van der Waals surface area contributed by atoms with Crippen LogP contribution in [0.4, 0.5) is 0 Å². The minimum Gasteiger partial charge on any atom is -0.507 e. The number of hydrogen-bond acceptors (Lipinski definition) is 2. The Labute approximate surface area is 114 Å². The van der Waals surface area contributed by atoms with Crippen molar-refractivity contribution in [3.63, 3.8) is 0 Å². The molecule has 2 heteroatoms. The Bertz CT molecular complexity index is 536. The van der Waals surface area contributed by atoms with Crippen molar-refractivity contribution in [1.29, 1.82) is 0 Å². The third-order valence-corrected chi connectivity index (χ3v) is 3.58. The van der Waals surface area contributed by atoms with Gasteiger partial charge in [-0.15, -0.1) is 0 Å². The zero-order valence-electron chi connectivity index (χ0n) is 11.5. The quantitative estimate of drug-likeness (QED) is 0.816. The number of aromatic hydroxyl groups is 1. The summed E-state index contributed by atoms with van der Waals surface area (Å²) in [5, 5.41) is 9.45. The van der Waals surface area contributed by atoms with Crippen LogP contribution >= 0.6 is 0 Å². The van der Waals surface area contributed by atoms with Crippen molar-refractivity contribution in [2.24, 2.45) is 5.41 Å². The van der Waals surface area contributed by atoms with Crippen LogP contribution in [0, 0.1) is 5.41 Å². The first kappa shape index (κ1) is 13.6. The fourth-order valence-corrected chi connectivity index (χ4v) is 2.46. The van der Waals surface area contributed by atoms with Gasteiger partial charge in [-0.3, -0.25) is 4.79 Å². The highest BCUT2D eigenvalue weighted by Crippen LogP contribution is 2.35. The number of aldehydes is 1. The molecule has 0 amide bonds. The SMILES string of the molecule is CC1(C)CCC=C(C=Cc2ccc(O)c(C=O)c2)C1. The number of allylic oxidation sites excluding steroid dienone is 3. The summed E-state index contributed by atoms with van der Waals surface area (Å²) in [6, 6.07) is 5.07. The van der Waals surface area contributed by atoms with Crippen molar-refractivity contribution in [2.75, 3.05) is 0 Å². The molecular weight excluding hydrogens is 236 g/mol. The molecule has 2 rings (SSSR count).